The fourth-order valence-electron chi connectivity index (χ4n) is 3.14. The van der Waals surface area contributed by atoms with Crippen molar-refractivity contribution in [3.63, 3.8) is 0 Å². The zero-order chi connectivity index (χ0) is 20.5. The number of hydrogen-bond acceptors (Lipinski definition) is 5. The topological polar surface area (TPSA) is 116 Å². The molecule has 0 unspecified atom stereocenters. The number of aromatic nitrogens is 2. The second-order valence-electron chi connectivity index (χ2n) is 6.46. The minimum absolute atomic E-state index is 0.101. The molecule has 0 spiro atoms. The number of rotatable bonds is 4. The molecule has 0 amide bonds. The third kappa shape index (κ3) is 3.27. The zero-order valence-corrected chi connectivity index (χ0v) is 15.3. The van der Waals surface area contributed by atoms with E-state index in [2.05, 4.69) is 10.1 Å². The van der Waals surface area contributed by atoms with Gasteiger partial charge in [-0.1, -0.05) is 48.2 Å². The lowest BCUT2D eigenvalue weighted by Crippen LogP contribution is -2.17. The van der Waals surface area contributed by atoms with Crippen molar-refractivity contribution in [2.24, 2.45) is 4.99 Å². The van der Waals surface area contributed by atoms with Crippen LogP contribution in [0.2, 0.25) is 0 Å². The van der Waals surface area contributed by atoms with Crippen molar-refractivity contribution in [3.8, 4) is 11.4 Å². The van der Waals surface area contributed by atoms with Crippen LogP contribution in [0.5, 0.6) is 5.75 Å². The average molecular weight is 387 g/mol. The van der Waals surface area contributed by atoms with Crippen LogP contribution >= 0.6 is 0 Å². The van der Waals surface area contributed by atoms with Crippen LogP contribution < -0.4 is 10.7 Å². The van der Waals surface area contributed by atoms with Crippen molar-refractivity contribution in [2.45, 2.75) is 6.92 Å². The number of nitro groups is 1. The maximum Gasteiger partial charge on any atom is 0.280 e. The highest BCUT2D eigenvalue weighted by atomic mass is 16.6. The summed E-state index contributed by atoms with van der Waals surface area (Å²) in [6, 6.07) is 16.6. The molecule has 0 saturated carbocycles. The summed E-state index contributed by atoms with van der Waals surface area (Å²) < 4.78 is 1.42. The van der Waals surface area contributed by atoms with E-state index in [9.17, 15) is 20.0 Å². The molecule has 0 aliphatic rings. The van der Waals surface area contributed by atoms with E-state index in [-0.39, 0.29) is 22.5 Å². The van der Waals surface area contributed by atoms with Gasteiger partial charge in [-0.25, -0.2) is 4.68 Å². The van der Waals surface area contributed by atoms with E-state index in [1.807, 2.05) is 42.5 Å². The van der Waals surface area contributed by atoms with E-state index in [0.29, 0.717) is 11.4 Å². The number of fused-ring (bicyclic) bond motifs is 1. The van der Waals surface area contributed by atoms with Gasteiger partial charge in [-0.3, -0.25) is 25.0 Å². The molecule has 4 rings (SSSR count). The van der Waals surface area contributed by atoms with Crippen molar-refractivity contribution in [1.82, 2.24) is 9.78 Å². The summed E-state index contributed by atoms with van der Waals surface area (Å²) in [5.41, 5.74) is 0.844. The SMILES string of the molecule is Cc1[nH]n(-c2cccc3ccccc23)c(=O)c1C=Nc1cc([N+](=O)[O-])ccc1[O-]. The molecule has 0 bridgehead atoms. The summed E-state index contributed by atoms with van der Waals surface area (Å²) in [7, 11) is 0. The molecule has 1 N–H and O–H groups in total. The summed E-state index contributed by atoms with van der Waals surface area (Å²) >= 11 is 0. The molecule has 0 aliphatic heterocycles. The molecule has 0 aliphatic carbocycles. The van der Waals surface area contributed by atoms with E-state index in [0.717, 1.165) is 29.0 Å². The first-order chi connectivity index (χ1) is 14.0. The first kappa shape index (κ1) is 18.2. The Morgan fingerprint density at radius 1 is 1.10 bits per heavy atom. The summed E-state index contributed by atoms with van der Waals surface area (Å²) in [5, 5.41) is 27.8. The Hall–Kier alpha value is -4.20. The standard InChI is InChI=1S/C21H16N4O4/c1-13-17(12-22-18-11-15(25(28)29)9-10-20(18)26)21(27)24(23-13)19-8-4-6-14-5-2-3-7-16(14)19/h2-12,23,26H,1H3/p-1. The van der Waals surface area contributed by atoms with Crippen molar-refractivity contribution in [1.29, 1.82) is 0 Å². The molecule has 8 nitrogen and oxygen atoms in total. The summed E-state index contributed by atoms with van der Waals surface area (Å²) in [6.45, 7) is 1.72. The summed E-state index contributed by atoms with van der Waals surface area (Å²) in [6.07, 6.45) is 1.26. The van der Waals surface area contributed by atoms with Gasteiger partial charge in [0.25, 0.3) is 11.2 Å². The molecular weight excluding hydrogens is 372 g/mol. The van der Waals surface area contributed by atoms with E-state index >= 15 is 0 Å². The van der Waals surface area contributed by atoms with Crippen molar-refractivity contribution >= 4 is 28.4 Å². The Labute approximate surface area is 164 Å². The smallest absolute Gasteiger partial charge is 0.280 e. The van der Waals surface area contributed by atoms with Gasteiger partial charge in [0.1, 0.15) is 0 Å². The number of aryl methyl sites for hydroxylation is 1. The Morgan fingerprint density at radius 2 is 1.86 bits per heavy atom. The number of aromatic amines is 1. The van der Waals surface area contributed by atoms with Gasteiger partial charge in [0.05, 0.1) is 21.9 Å². The van der Waals surface area contributed by atoms with E-state index in [1.165, 1.54) is 10.9 Å². The van der Waals surface area contributed by atoms with Crippen molar-refractivity contribution in [2.75, 3.05) is 0 Å². The summed E-state index contributed by atoms with van der Waals surface area (Å²) in [5.74, 6) is -0.464. The lowest BCUT2D eigenvalue weighted by Gasteiger charge is -2.08. The highest BCUT2D eigenvalue weighted by Gasteiger charge is 2.13. The highest BCUT2D eigenvalue weighted by molar-refractivity contribution is 5.90. The zero-order valence-electron chi connectivity index (χ0n) is 15.3. The van der Waals surface area contributed by atoms with Gasteiger partial charge >= 0.3 is 0 Å². The predicted molar refractivity (Wildman–Crippen MR) is 108 cm³/mol. The molecule has 0 fully saturated rings. The maximum atomic E-state index is 13.0. The van der Waals surface area contributed by atoms with Gasteiger partial charge < -0.3 is 5.11 Å². The van der Waals surface area contributed by atoms with E-state index in [1.54, 1.807) is 6.92 Å². The predicted octanol–water partition coefficient (Wildman–Crippen LogP) is 3.36. The van der Waals surface area contributed by atoms with Gasteiger partial charge in [-0.2, -0.15) is 0 Å². The quantitative estimate of drug-likeness (QED) is 0.328. The number of aliphatic imine (C=N–C) groups is 1. The summed E-state index contributed by atoms with van der Waals surface area (Å²) in [4.78, 5) is 27.3. The van der Waals surface area contributed by atoms with Crippen LogP contribution in [0.25, 0.3) is 16.5 Å². The van der Waals surface area contributed by atoms with Gasteiger partial charge in [0.2, 0.25) is 0 Å². The second-order valence-corrected chi connectivity index (χ2v) is 6.46. The molecule has 1 heterocycles. The molecule has 29 heavy (non-hydrogen) atoms. The van der Waals surface area contributed by atoms with Crippen LogP contribution in [0.4, 0.5) is 11.4 Å². The number of H-pyrrole nitrogens is 1. The van der Waals surface area contributed by atoms with Crippen LogP contribution in [-0.4, -0.2) is 20.9 Å². The Kier molecular flexibility index (Phi) is 4.44. The van der Waals surface area contributed by atoms with Gasteiger partial charge in [-0.05, 0) is 18.4 Å². The molecule has 3 aromatic carbocycles. The van der Waals surface area contributed by atoms with Crippen LogP contribution in [0.15, 0.2) is 70.5 Å². The Morgan fingerprint density at radius 3 is 2.66 bits per heavy atom. The van der Waals surface area contributed by atoms with Crippen LogP contribution in [0.1, 0.15) is 11.3 Å². The minimum Gasteiger partial charge on any atom is -0.871 e. The molecular formula is C21H15N4O4-. The molecule has 0 radical (unpaired) electrons. The Balaban J connectivity index is 1.79. The average Bonchev–Trinajstić information content (AvgIpc) is 3.00. The minimum atomic E-state index is -0.604. The van der Waals surface area contributed by atoms with Crippen molar-refractivity contribution in [3.05, 3.63) is 92.4 Å². The number of nitro benzene ring substituents is 1. The van der Waals surface area contributed by atoms with Crippen molar-refractivity contribution < 1.29 is 10.0 Å². The number of nitrogens with one attached hydrogen (secondary N) is 1. The third-order valence-electron chi connectivity index (χ3n) is 4.61. The number of benzene rings is 3. The first-order valence-corrected chi connectivity index (χ1v) is 8.75. The lowest BCUT2D eigenvalue weighted by atomic mass is 10.1. The van der Waals surface area contributed by atoms with Crippen LogP contribution in [-0.2, 0) is 0 Å². The number of non-ortho nitro benzene ring substituents is 1. The van der Waals surface area contributed by atoms with Gasteiger partial charge in [-0.15, -0.1) is 0 Å². The fourth-order valence-corrected chi connectivity index (χ4v) is 3.14. The molecule has 8 heteroatoms. The van der Waals surface area contributed by atoms with Crippen LogP contribution in [0.3, 0.4) is 0 Å². The highest BCUT2D eigenvalue weighted by Crippen LogP contribution is 2.28. The second kappa shape index (κ2) is 7.08. The monoisotopic (exact) mass is 387 g/mol. The van der Waals surface area contributed by atoms with Crippen LogP contribution in [0, 0.1) is 17.0 Å². The van der Waals surface area contributed by atoms with E-state index < -0.39 is 10.7 Å². The molecule has 0 atom stereocenters. The normalized spacial score (nSPS) is 11.3. The third-order valence-corrected chi connectivity index (χ3v) is 4.61. The molecule has 1 aromatic heterocycles. The Bertz CT molecular complexity index is 1330. The van der Waals surface area contributed by atoms with Gasteiger partial charge in [0.15, 0.2) is 0 Å². The molecule has 144 valence electrons. The molecule has 0 saturated heterocycles. The first-order valence-electron chi connectivity index (χ1n) is 8.75. The number of nitrogens with zero attached hydrogens (tertiary/aromatic N) is 3. The number of hydrogen-bond donors (Lipinski definition) is 1. The van der Waals surface area contributed by atoms with E-state index in [4.69, 9.17) is 0 Å². The molecule has 4 aromatic rings. The largest absolute Gasteiger partial charge is 0.871 e. The maximum absolute atomic E-state index is 13.0. The fraction of sp³-hybridized carbons (Fsp3) is 0.0476. The lowest BCUT2D eigenvalue weighted by molar-refractivity contribution is -0.385. The van der Waals surface area contributed by atoms with Gasteiger partial charge in [0, 0.05) is 29.4 Å².